The van der Waals surface area contributed by atoms with E-state index in [1.165, 1.54) is 31.7 Å². The number of hydrazine groups is 1. The summed E-state index contributed by atoms with van der Waals surface area (Å²) in [4.78, 5) is 25.3. The number of piperidine rings is 1. The van der Waals surface area contributed by atoms with Gasteiger partial charge in [0.15, 0.2) is 5.82 Å². The maximum atomic E-state index is 12.6. The summed E-state index contributed by atoms with van der Waals surface area (Å²) in [5.41, 5.74) is 2.79. The fourth-order valence-corrected chi connectivity index (χ4v) is 3.30. The topological polar surface area (TPSA) is 87.4 Å². The van der Waals surface area contributed by atoms with Crippen molar-refractivity contribution >= 4 is 11.7 Å². The number of piperazine rings is 1. The summed E-state index contributed by atoms with van der Waals surface area (Å²) in [6.45, 7) is 5.00. The molecule has 2 atom stereocenters. The van der Waals surface area contributed by atoms with Gasteiger partial charge < -0.3 is 10.3 Å². The normalized spacial score (nSPS) is 26.3. The molecule has 3 heterocycles. The van der Waals surface area contributed by atoms with Crippen LogP contribution in [0.3, 0.4) is 0 Å². The van der Waals surface area contributed by atoms with Crippen molar-refractivity contribution in [2.45, 2.75) is 38.3 Å². The molecule has 2 fully saturated rings. The zero-order valence-corrected chi connectivity index (χ0v) is 12.3. The molecule has 21 heavy (non-hydrogen) atoms. The van der Waals surface area contributed by atoms with E-state index in [2.05, 4.69) is 27.2 Å². The van der Waals surface area contributed by atoms with Crippen molar-refractivity contribution in [3.05, 3.63) is 18.1 Å². The highest BCUT2D eigenvalue weighted by Gasteiger charge is 2.35. The molecule has 2 aliphatic heterocycles. The number of fused-ring (bicyclic) bond motifs is 1. The number of rotatable bonds is 2. The van der Waals surface area contributed by atoms with Crippen molar-refractivity contribution in [1.29, 1.82) is 0 Å². The molecule has 0 saturated carbocycles. The third-order valence-electron chi connectivity index (χ3n) is 4.47. The van der Waals surface area contributed by atoms with Crippen LogP contribution < -0.4 is 11.3 Å². The molecule has 114 valence electrons. The maximum Gasteiger partial charge on any atom is 0.274 e. The number of hydrogen-bond donors (Lipinski definition) is 2. The van der Waals surface area contributed by atoms with Crippen LogP contribution in [0.25, 0.3) is 0 Å². The summed E-state index contributed by atoms with van der Waals surface area (Å²) in [6.07, 6.45) is 6.68. The molecule has 3 N–H and O–H groups in total. The number of anilines is 1. The summed E-state index contributed by atoms with van der Waals surface area (Å²) in [5.74, 6) is 5.68. The number of aromatic nitrogens is 2. The predicted octanol–water partition coefficient (Wildman–Crippen LogP) is 0.461. The van der Waals surface area contributed by atoms with Gasteiger partial charge in [-0.25, -0.2) is 15.8 Å². The fraction of sp³-hybridized carbons (Fsp3) is 0.643. The fourth-order valence-electron chi connectivity index (χ4n) is 3.30. The Labute approximate surface area is 124 Å². The number of amides is 1. The molecule has 0 radical (unpaired) electrons. The number of nitrogens with zero attached hydrogens (tertiary/aromatic N) is 4. The average Bonchev–Trinajstić information content (AvgIpc) is 2.53. The van der Waals surface area contributed by atoms with E-state index in [0.717, 1.165) is 19.6 Å². The predicted molar refractivity (Wildman–Crippen MR) is 79.6 cm³/mol. The minimum atomic E-state index is -0.0382. The van der Waals surface area contributed by atoms with Gasteiger partial charge in [0.2, 0.25) is 0 Å². The van der Waals surface area contributed by atoms with Gasteiger partial charge >= 0.3 is 0 Å². The van der Waals surface area contributed by atoms with Crippen molar-refractivity contribution in [3.8, 4) is 0 Å². The van der Waals surface area contributed by atoms with Crippen LogP contribution in [0.5, 0.6) is 0 Å². The first-order chi connectivity index (χ1) is 10.2. The Bertz CT molecular complexity index is 505. The number of carbonyl (C=O) groups is 1. The van der Waals surface area contributed by atoms with Crippen molar-refractivity contribution in [2.24, 2.45) is 5.84 Å². The molecule has 3 rings (SSSR count). The van der Waals surface area contributed by atoms with Gasteiger partial charge in [-0.15, -0.1) is 0 Å². The molecule has 7 heteroatoms. The Morgan fingerprint density at radius 2 is 2.19 bits per heavy atom. The minimum Gasteiger partial charge on any atom is -0.332 e. The van der Waals surface area contributed by atoms with E-state index in [1.807, 2.05) is 4.90 Å². The molecule has 2 saturated heterocycles. The Balaban J connectivity index is 1.73. The molecule has 2 unspecified atom stereocenters. The zero-order valence-electron chi connectivity index (χ0n) is 12.3. The lowest BCUT2D eigenvalue weighted by Gasteiger charge is -2.47. The maximum absolute atomic E-state index is 12.6. The smallest absolute Gasteiger partial charge is 0.274 e. The van der Waals surface area contributed by atoms with Crippen LogP contribution >= 0.6 is 0 Å². The first-order valence-corrected chi connectivity index (χ1v) is 7.52. The number of hydrogen-bond acceptors (Lipinski definition) is 6. The molecule has 1 aromatic rings. The van der Waals surface area contributed by atoms with Crippen molar-refractivity contribution in [3.63, 3.8) is 0 Å². The van der Waals surface area contributed by atoms with Crippen LogP contribution in [-0.4, -0.2) is 57.4 Å². The zero-order chi connectivity index (χ0) is 14.8. The number of nitrogens with one attached hydrogen (secondary N) is 1. The second-order valence-electron chi connectivity index (χ2n) is 5.88. The Hall–Kier alpha value is -1.73. The van der Waals surface area contributed by atoms with E-state index in [-0.39, 0.29) is 11.9 Å². The highest BCUT2D eigenvalue weighted by molar-refractivity contribution is 5.92. The number of carbonyl (C=O) groups excluding carboxylic acids is 1. The van der Waals surface area contributed by atoms with Crippen molar-refractivity contribution < 1.29 is 4.79 Å². The van der Waals surface area contributed by atoms with E-state index in [9.17, 15) is 4.79 Å². The van der Waals surface area contributed by atoms with Crippen molar-refractivity contribution in [2.75, 3.05) is 25.1 Å². The second-order valence-corrected chi connectivity index (χ2v) is 5.88. The van der Waals surface area contributed by atoms with E-state index in [1.54, 1.807) is 0 Å². The monoisotopic (exact) mass is 290 g/mol. The summed E-state index contributed by atoms with van der Waals surface area (Å²) < 4.78 is 0. The van der Waals surface area contributed by atoms with Gasteiger partial charge in [0.1, 0.15) is 5.69 Å². The van der Waals surface area contributed by atoms with Gasteiger partial charge in [-0.1, -0.05) is 6.42 Å². The molecule has 0 aliphatic carbocycles. The van der Waals surface area contributed by atoms with Crippen LogP contribution in [0.15, 0.2) is 12.4 Å². The first kappa shape index (κ1) is 14.2. The standard InChI is InChI=1S/C14H22N6O/c1-10-8-19-5-3-2-4-11(19)9-20(10)14(21)12-6-17-13(18-15)7-16-12/h6-7,10-11H,2-5,8-9,15H2,1H3,(H,17,18). The van der Waals surface area contributed by atoms with E-state index < -0.39 is 0 Å². The third kappa shape index (κ3) is 2.84. The largest absolute Gasteiger partial charge is 0.332 e. The highest BCUT2D eigenvalue weighted by Crippen LogP contribution is 2.24. The van der Waals surface area contributed by atoms with E-state index in [4.69, 9.17) is 5.84 Å². The Morgan fingerprint density at radius 1 is 1.33 bits per heavy atom. The lowest BCUT2D eigenvalue weighted by molar-refractivity contribution is 0.0148. The minimum absolute atomic E-state index is 0.0382. The third-order valence-corrected chi connectivity index (χ3v) is 4.47. The van der Waals surface area contributed by atoms with Crippen LogP contribution in [0.1, 0.15) is 36.7 Å². The number of nitrogens with two attached hydrogens (primary N) is 1. The highest BCUT2D eigenvalue weighted by atomic mass is 16.2. The van der Waals surface area contributed by atoms with Crippen LogP contribution in [-0.2, 0) is 0 Å². The van der Waals surface area contributed by atoms with Gasteiger partial charge in [0, 0.05) is 25.2 Å². The van der Waals surface area contributed by atoms with Gasteiger partial charge in [-0.05, 0) is 26.3 Å². The number of nitrogen functional groups attached to an aromatic ring is 1. The SMILES string of the molecule is CC1CN2CCCCC2CN1C(=O)c1cnc(NN)cn1. The molecule has 0 bridgehead atoms. The van der Waals surface area contributed by atoms with Gasteiger partial charge in [-0.3, -0.25) is 9.69 Å². The van der Waals surface area contributed by atoms with Crippen LogP contribution in [0.2, 0.25) is 0 Å². The second kappa shape index (κ2) is 5.95. The molecule has 2 aliphatic rings. The molecule has 0 aromatic carbocycles. The van der Waals surface area contributed by atoms with Gasteiger partial charge in [0.05, 0.1) is 12.4 Å². The summed E-state index contributed by atoms with van der Waals surface area (Å²) >= 11 is 0. The molecular weight excluding hydrogens is 268 g/mol. The Kier molecular flexibility index (Phi) is 4.03. The quantitative estimate of drug-likeness (QED) is 0.608. The average molecular weight is 290 g/mol. The summed E-state index contributed by atoms with van der Waals surface area (Å²) in [7, 11) is 0. The van der Waals surface area contributed by atoms with Gasteiger partial charge in [-0.2, -0.15) is 0 Å². The molecule has 7 nitrogen and oxygen atoms in total. The lowest BCUT2D eigenvalue weighted by atomic mass is 9.97. The molecule has 0 spiro atoms. The lowest BCUT2D eigenvalue weighted by Crippen LogP contribution is -2.60. The van der Waals surface area contributed by atoms with Crippen LogP contribution in [0.4, 0.5) is 5.82 Å². The molecule has 1 amide bonds. The van der Waals surface area contributed by atoms with E-state index in [0.29, 0.717) is 17.6 Å². The van der Waals surface area contributed by atoms with E-state index >= 15 is 0 Å². The van der Waals surface area contributed by atoms with Crippen LogP contribution in [0, 0.1) is 0 Å². The van der Waals surface area contributed by atoms with Gasteiger partial charge in [0.25, 0.3) is 5.91 Å². The van der Waals surface area contributed by atoms with Crippen molar-refractivity contribution in [1.82, 2.24) is 19.8 Å². The summed E-state index contributed by atoms with van der Waals surface area (Å²) in [6, 6.07) is 0.706. The summed E-state index contributed by atoms with van der Waals surface area (Å²) in [5, 5.41) is 0. The first-order valence-electron chi connectivity index (χ1n) is 7.52. The molecule has 1 aromatic heterocycles. The Morgan fingerprint density at radius 3 is 2.90 bits per heavy atom. The molecular formula is C14H22N6O.